The summed E-state index contributed by atoms with van der Waals surface area (Å²) in [6, 6.07) is 28.1. The average Bonchev–Trinajstić information content (AvgIpc) is 3.90. The highest BCUT2D eigenvalue weighted by Gasteiger charge is 2.38. The van der Waals surface area contributed by atoms with Gasteiger partial charge in [0.2, 0.25) is 10.0 Å². The maximum atomic E-state index is 13.4. The lowest BCUT2D eigenvalue weighted by atomic mass is 9.77. The molecule has 45 heavy (non-hydrogen) atoms. The van der Waals surface area contributed by atoms with E-state index in [0.29, 0.717) is 18.9 Å². The molecule has 244 valence electrons. The predicted molar refractivity (Wildman–Crippen MR) is 179 cm³/mol. The number of sulfonamides is 1. The van der Waals surface area contributed by atoms with Crippen molar-refractivity contribution in [1.82, 2.24) is 14.1 Å². The molecule has 1 saturated carbocycles. The lowest BCUT2D eigenvalue weighted by Gasteiger charge is -2.41. The lowest BCUT2D eigenvalue weighted by Crippen LogP contribution is -2.50. The molecule has 1 amide bonds. The minimum Gasteiger partial charge on any atom is -0.445 e. The van der Waals surface area contributed by atoms with Crippen LogP contribution in [0.5, 0.6) is 0 Å². The van der Waals surface area contributed by atoms with Gasteiger partial charge in [-0.3, -0.25) is 0 Å². The molecular formula is C35H46ClN3O5S. The molecule has 1 heterocycles. The first-order valence-corrected chi connectivity index (χ1v) is 17.1. The topological polar surface area (TPSA) is 90.4 Å². The van der Waals surface area contributed by atoms with Crippen molar-refractivity contribution in [2.45, 2.75) is 55.1 Å². The van der Waals surface area contributed by atoms with Crippen LogP contribution in [0.15, 0.2) is 95.9 Å². The van der Waals surface area contributed by atoms with Gasteiger partial charge in [-0.25, -0.2) is 13.2 Å². The van der Waals surface area contributed by atoms with Crippen molar-refractivity contribution in [2.75, 3.05) is 46.4 Å². The predicted octanol–water partition coefficient (Wildman–Crippen LogP) is 5.56. The number of rotatable bonds is 14. The molecule has 0 aromatic heterocycles. The second-order valence-electron chi connectivity index (χ2n) is 12.3. The van der Waals surface area contributed by atoms with Gasteiger partial charge in [-0.1, -0.05) is 78.9 Å². The third-order valence-corrected chi connectivity index (χ3v) is 11.0. The summed E-state index contributed by atoms with van der Waals surface area (Å²) >= 11 is 0. The number of nitrogens with zero attached hydrogens (tertiary/aromatic N) is 3. The molecule has 1 N–H and O–H groups in total. The van der Waals surface area contributed by atoms with Crippen LogP contribution in [-0.2, 0) is 26.8 Å². The number of benzene rings is 3. The maximum Gasteiger partial charge on any atom is 0.410 e. The van der Waals surface area contributed by atoms with Gasteiger partial charge in [0, 0.05) is 44.7 Å². The summed E-state index contributed by atoms with van der Waals surface area (Å²) in [5.41, 5.74) is 1.13. The number of likely N-dealkylation sites (tertiary alicyclic amines) is 1. The van der Waals surface area contributed by atoms with E-state index in [1.807, 2.05) is 65.6 Å². The molecule has 0 spiro atoms. The van der Waals surface area contributed by atoms with Gasteiger partial charge in [-0.2, -0.15) is 4.31 Å². The minimum absolute atomic E-state index is 0. The maximum absolute atomic E-state index is 13.4. The molecule has 5 rings (SSSR count). The Balaban J connectivity index is 0.00000461. The van der Waals surface area contributed by atoms with Gasteiger partial charge in [0.1, 0.15) is 6.61 Å². The second kappa shape index (κ2) is 16.1. The number of carbonyl (C=O) groups excluding carboxylic acids is 1. The molecule has 1 saturated heterocycles. The molecule has 3 aromatic carbocycles. The molecule has 2 aliphatic rings. The van der Waals surface area contributed by atoms with Crippen molar-refractivity contribution < 1.29 is 23.1 Å². The number of carbonyl (C=O) groups is 1. The van der Waals surface area contributed by atoms with Crippen LogP contribution >= 0.6 is 12.4 Å². The summed E-state index contributed by atoms with van der Waals surface area (Å²) in [7, 11) is -2.14. The minimum atomic E-state index is -3.73. The molecule has 1 aliphatic carbocycles. The normalized spacial score (nSPS) is 17.3. The van der Waals surface area contributed by atoms with E-state index in [0.717, 1.165) is 43.6 Å². The highest BCUT2D eigenvalue weighted by atomic mass is 35.5. The fourth-order valence-corrected chi connectivity index (χ4v) is 7.47. The number of ether oxygens (including phenoxy) is 1. The van der Waals surface area contributed by atoms with Crippen LogP contribution in [0.2, 0.25) is 0 Å². The fraction of sp³-hybridized carbons (Fsp3) is 0.457. The van der Waals surface area contributed by atoms with Crippen LogP contribution < -0.4 is 0 Å². The number of hydrogen-bond acceptors (Lipinski definition) is 6. The largest absolute Gasteiger partial charge is 0.445 e. The van der Waals surface area contributed by atoms with E-state index in [-0.39, 0.29) is 49.2 Å². The number of aliphatic hydroxyl groups excluding tert-OH is 1. The SMILES string of the molecule is CN(CC(CO)(CCN1CCC(N(CC2CC2)C(=O)OCc2ccccc2)CC1)c1ccccc1)S(=O)(=O)c1ccccc1.Cl. The van der Waals surface area contributed by atoms with Gasteiger partial charge in [-0.05, 0) is 67.8 Å². The molecule has 1 atom stereocenters. The summed E-state index contributed by atoms with van der Waals surface area (Å²) < 4.78 is 33.9. The van der Waals surface area contributed by atoms with E-state index in [2.05, 4.69) is 4.90 Å². The lowest BCUT2D eigenvalue weighted by molar-refractivity contribution is 0.0557. The van der Waals surface area contributed by atoms with Crippen LogP contribution in [0.4, 0.5) is 4.79 Å². The molecule has 1 unspecified atom stereocenters. The first kappa shape index (κ1) is 34.9. The third kappa shape index (κ3) is 9.08. The number of hydrogen-bond donors (Lipinski definition) is 1. The Hall–Kier alpha value is -2.95. The monoisotopic (exact) mass is 655 g/mol. The van der Waals surface area contributed by atoms with Gasteiger partial charge in [0.05, 0.1) is 11.5 Å². The van der Waals surface area contributed by atoms with Crippen LogP contribution in [0.3, 0.4) is 0 Å². The Bertz CT molecular complexity index is 1440. The summed E-state index contributed by atoms with van der Waals surface area (Å²) in [5.74, 6) is 0.567. The molecule has 1 aliphatic heterocycles. The van der Waals surface area contributed by atoms with Crippen LogP contribution in [0.25, 0.3) is 0 Å². The number of piperidine rings is 1. The standard InChI is InChI=1S/C35H45N3O5S.ClH/c1-36(44(41,42)33-15-9-4-10-16-33)27-35(28-39,31-13-7-3-8-14-31)21-24-37-22-19-32(20-23-37)38(25-29-17-18-29)34(40)43-26-30-11-5-2-6-12-30;/h2-16,29,32,39H,17-28H2,1H3;1H. The van der Waals surface area contributed by atoms with Gasteiger partial charge in [0.15, 0.2) is 0 Å². The van der Waals surface area contributed by atoms with Crippen LogP contribution in [0, 0.1) is 5.92 Å². The quantitative estimate of drug-likeness (QED) is 0.245. The van der Waals surface area contributed by atoms with Crippen molar-refractivity contribution >= 4 is 28.5 Å². The average molecular weight is 656 g/mol. The Morgan fingerprint density at radius 3 is 2.07 bits per heavy atom. The van der Waals surface area contributed by atoms with E-state index in [9.17, 15) is 18.3 Å². The van der Waals surface area contributed by atoms with Gasteiger partial charge in [0.25, 0.3) is 0 Å². The van der Waals surface area contributed by atoms with E-state index in [4.69, 9.17) is 4.74 Å². The zero-order valence-electron chi connectivity index (χ0n) is 26.0. The smallest absolute Gasteiger partial charge is 0.410 e. The van der Waals surface area contributed by atoms with Gasteiger partial charge in [-0.15, -0.1) is 12.4 Å². The van der Waals surface area contributed by atoms with Crippen LogP contribution in [-0.4, -0.2) is 86.1 Å². The first-order valence-electron chi connectivity index (χ1n) is 15.7. The highest BCUT2D eigenvalue weighted by molar-refractivity contribution is 7.89. The molecular weight excluding hydrogens is 610 g/mol. The first-order chi connectivity index (χ1) is 21.3. The number of aliphatic hydroxyl groups is 1. The zero-order chi connectivity index (χ0) is 31.0. The Morgan fingerprint density at radius 1 is 0.911 bits per heavy atom. The van der Waals surface area contributed by atoms with E-state index < -0.39 is 15.4 Å². The van der Waals surface area contributed by atoms with E-state index >= 15 is 0 Å². The molecule has 2 fully saturated rings. The Kier molecular flexibility index (Phi) is 12.5. The molecule has 0 radical (unpaired) electrons. The molecule has 3 aromatic rings. The molecule has 0 bridgehead atoms. The summed E-state index contributed by atoms with van der Waals surface area (Å²) in [5, 5.41) is 10.8. The van der Waals surface area contributed by atoms with Crippen molar-refractivity contribution in [3.05, 3.63) is 102 Å². The van der Waals surface area contributed by atoms with Gasteiger partial charge >= 0.3 is 6.09 Å². The Morgan fingerprint density at radius 2 is 1.49 bits per heavy atom. The highest BCUT2D eigenvalue weighted by Crippen LogP contribution is 2.34. The molecule has 10 heteroatoms. The number of amides is 1. The summed E-state index contributed by atoms with van der Waals surface area (Å²) in [6.45, 7) is 3.37. The summed E-state index contributed by atoms with van der Waals surface area (Å²) in [6.07, 6.45) is 4.40. The number of halogens is 1. The fourth-order valence-electron chi connectivity index (χ4n) is 6.19. The van der Waals surface area contributed by atoms with Crippen molar-refractivity contribution in [2.24, 2.45) is 5.92 Å². The van der Waals surface area contributed by atoms with E-state index in [1.54, 1.807) is 37.4 Å². The number of likely N-dealkylation sites (N-methyl/N-ethyl adjacent to an activating group) is 1. The zero-order valence-corrected chi connectivity index (χ0v) is 27.7. The van der Waals surface area contributed by atoms with E-state index in [1.165, 1.54) is 17.1 Å². The van der Waals surface area contributed by atoms with Gasteiger partial charge < -0.3 is 19.6 Å². The van der Waals surface area contributed by atoms with Crippen LogP contribution in [0.1, 0.15) is 43.2 Å². The van der Waals surface area contributed by atoms with Crippen molar-refractivity contribution in [1.29, 1.82) is 0 Å². The van der Waals surface area contributed by atoms with Crippen molar-refractivity contribution in [3.63, 3.8) is 0 Å². The third-order valence-electron chi connectivity index (χ3n) is 9.16. The Labute approximate surface area is 274 Å². The second-order valence-corrected chi connectivity index (χ2v) is 14.4. The summed E-state index contributed by atoms with van der Waals surface area (Å²) in [4.78, 5) is 17.8. The molecule has 8 nitrogen and oxygen atoms in total. The van der Waals surface area contributed by atoms with Crippen molar-refractivity contribution in [3.8, 4) is 0 Å².